The SMILES string of the molecule is COc1ccc(OP(=O)(Oc2ccc(OC)cc2)[n+]2ccc(Cc3ccccc3)cc2)cc1.[O-]c1cccc(Cl)c1. The molecule has 5 aromatic rings. The average molecular weight is 590 g/mol. The Balaban J connectivity index is 0.000000417. The maximum Gasteiger partial charge on any atom is 0.728 e. The van der Waals surface area contributed by atoms with Crippen molar-refractivity contribution in [2.24, 2.45) is 0 Å². The first-order valence-electron chi connectivity index (χ1n) is 12.6. The highest BCUT2D eigenvalue weighted by Crippen LogP contribution is 2.44. The van der Waals surface area contributed by atoms with E-state index in [4.69, 9.17) is 30.1 Å². The van der Waals surface area contributed by atoms with Crippen LogP contribution in [0.25, 0.3) is 0 Å². The van der Waals surface area contributed by atoms with Gasteiger partial charge in [-0.25, -0.2) is 0 Å². The first-order chi connectivity index (χ1) is 19.9. The number of rotatable bonds is 9. The van der Waals surface area contributed by atoms with Crippen molar-refractivity contribution >= 4 is 19.3 Å². The zero-order valence-corrected chi connectivity index (χ0v) is 24.2. The van der Waals surface area contributed by atoms with Crippen LogP contribution in [-0.4, -0.2) is 14.2 Å². The molecule has 0 spiro atoms. The van der Waals surface area contributed by atoms with E-state index in [9.17, 15) is 9.67 Å². The van der Waals surface area contributed by atoms with Crippen LogP contribution in [0, 0.1) is 0 Å². The molecule has 0 saturated heterocycles. The van der Waals surface area contributed by atoms with E-state index in [1.54, 1.807) is 87.3 Å². The van der Waals surface area contributed by atoms with E-state index in [2.05, 4.69) is 12.1 Å². The predicted octanol–water partition coefficient (Wildman–Crippen LogP) is 7.11. The van der Waals surface area contributed by atoms with E-state index in [1.165, 1.54) is 22.0 Å². The van der Waals surface area contributed by atoms with Gasteiger partial charge in [0.1, 0.15) is 23.0 Å². The average Bonchev–Trinajstić information content (AvgIpc) is 2.99. The Morgan fingerprint density at radius 2 is 1.15 bits per heavy atom. The number of benzene rings is 4. The fourth-order valence-electron chi connectivity index (χ4n) is 3.68. The van der Waals surface area contributed by atoms with Gasteiger partial charge >= 0.3 is 7.75 Å². The minimum absolute atomic E-state index is 0.0440. The van der Waals surface area contributed by atoms with Gasteiger partial charge in [-0.1, -0.05) is 64.5 Å². The molecule has 9 heteroatoms. The van der Waals surface area contributed by atoms with Crippen LogP contribution in [0.5, 0.6) is 28.7 Å². The summed E-state index contributed by atoms with van der Waals surface area (Å²) in [5, 5.41) is 10.9. The summed E-state index contributed by atoms with van der Waals surface area (Å²) in [5.74, 6) is 2.09. The number of halogens is 1. The fraction of sp³-hybridized carbons (Fsp3) is 0.0938. The summed E-state index contributed by atoms with van der Waals surface area (Å²) in [7, 11) is -0.662. The first-order valence-corrected chi connectivity index (χ1v) is 14.5. The maximum absolute atomic E-state index is 14.0. The smallest absolute Gasteiger partial charge is 0.728 e. The zero-order valence-electron chi connectivity index (χ0n) is 22.6. The highest BCUT2D eigenvalue weighted by molar-refractivity contribution is 7.47. The summed E-state index contributed by atoms with van der Waals surface area (Å²) >= 11 is 5.44. The third-order valence-electron chi connectivity index (χ3n) is 5.77. The van der Waals surface area contributed by atoms with Gasteiger partial charge in [-0.2, -0.15) is 4.57 Å². The second-order valence-electron chi connectivity index (χ2n) is 8.71. The standard InChI is InChI=1S/C26H25NO5P.C6H5ClO/c1-29-23-8-12-25(13-9-23)31-33(28,32-26-14-10-24(30-2)11-15-26)27-18-16-22(17-19-27)20-21-6-4-3-5-7-21;7-5-2-1-3-6(8)4-5/h3-19H,20H2,1-2H3;1-4,8H/q+1;/p-1. The molecule has 210 valence electrons. The second-order valence-corrected chi connectivity index (χ2v) is 10.9. The Morgan fingerprint density at radius 3 is 1.59 bits per heavy atom. The monoisotopic (exact) mass is 589 g/mol. The lowest BCUT2D eigenvalue weighted by molar-refractivity contribution is -0.536. The molecule has 1 heterocycles. The molecule has 4 aromatic carbocycles. The van der Waals surface area contributed by atoms with Crippen molar-refractivity contribution in [3.05, 3.63) is 144 Å². The molecule has 0 bridgehead atoms. The third kappa shape index (κ3) is 8.77. The summed E-state index contributed by atoms with van der Waals surface area (Å²) in [4.78, 5) is 0. The van der Waals surface area contributed by atoms with Crippen LogP contribution in [0.15, 0.2) is 128 Å². The molecule has 0 N–H and O–H groups in total. The van der Waals surface area contributed by atoms with Crippen LogP contribution >= 0.6 is 19.3 Å². The molecule has 41 heavy (non-hydrogen) atoms. The Kier molecular flexibility index (Phi) is 10.3. The first kappa shape index (κ1) is 29.5. The highest BCUT2D eigenvalue weighted by atomic mass is 35.5. The van der Waals surface area contributed by atoms with Crippen LogP contribution in [0.4, 0.5) is 0 Å². The molecule has 0 amide bonds. The predicted molar refractivity (Wildman–Crippen MR) is 157 cm³/mol. The molecule has 0 aliphatic rings. The number of nitrogens with zero attached hydrogens (tertiary/aromatic N) is 1. The number of methoxy groups -OCH3 is 2. The summed E-state index contributed by atoms with van der Waals surface area (Å²) in [6, 6.07) is 33.8. The molecule has 0 aliphatic carbocycles. The van der Waals surface area contributed by atoms with E-state index in [0.717, 1.165) is 12.0 Å². The molecular weight excluding hydrogens is 561 g/mol. The van der Waals surface area contributed by atoms with E-state index in [0.29, 0.717) is 28.0 Å². The van der Waals surface area contributed by atoms with Crippen molar-refractivity contribution in [2.45, 2.75) is 6.42 Å². The fourth-order valence-corrected chi connectivity index (χ4v) is 5.32. The lowest BCUT2D eigenvalue weighted by atomic mass is 10.1. The molecular formula is C32H29ClNO6P. The number of hydrogen-bond acceptors (Lipinski definition) is 6. The van der Waals surface area contributed by atoms with E-state index in [1.807, 2.05) is 30.3 Å². The lowest BCUT2D eigenvalue weighted by Crippen LogP contribution is -2.35. The van der Waals surface area contributed by atoms with Gasteiger partial charge in [0, 0.05) is 17.2 Å². The minimum Gasteiger partial charge on any atom is -0.872 e. The van der Waals surface area contributed by atoms with Gasteiger partial charge in [0.25, 0.3) is 0 Å². The van der Waals surface area contributed by atoms with Crippen molar-refractivity contribution < 1.29 is 32.5 Å². The van der Waals surface area contributed by atoms with Crippen molar-refractivity contribution in [3.8, 4) is 28.7 Å². The van der Waals surface area contributed by atoms with Gasteiger partial charge in [-0.15, -0.1) is 5.75 Å². The Morgan fingerprint density at radius 1 is 0.659 bits per heavy atom. The molecule has 5 rings (SSSR count). The van der Waals surface area contributed by atoms with Gasteiger partial charge in [0.15, 0.2) is 12.4 Å². The third-order valence-corrected chi connectivity index (χ3v) is 7.72. The van der Waals surface area contributed by atoms with Crippen molar-refractivity contribution in [1.29, 1.82) is 0 Å². The molecule has 7 nitrogen and oxygen atoms in total. The molecule has 0 saturated carbocycles. The quantitative estimate of drug-likeness (QED) is 0.170. The van der Waals surface area contributed by atoms with Crippen LogP contribution in [0.1, 0.15) is 11.1 Å². The second kappa shape index (κ2) is 14.3. The van der Waals surface area contributed by atoms with Crippen molar-refractivity contribution in [2.75, 3.05) is 14.2 Å². The number of hydrogen-bond donors (Lipinski definition) is 0. The lowest BCUT2D eigenvalue weighted by Gasteiger charge is -2.14. The van der Waals surface area contributed by atoms with Crippen LogP contribution in [-0.2, 0) is 11.0 Å². The summed E-state index contributed by atoms with van der Waals surface area (Å²) < 4.78 is 37.7. The van der Waals surface area contributed by atoms with Gasteiger partial charge in [0.2, 0.25) is 0 Å². The molecule has 0 radical (unpaired) electrons. The maximum atomic E-state index is 14.0. The van der Waals surface area contributed by atoms with E-state index in [-0.39, 0.29) is 5.75 Å². The number of ether oxygens (including phenoxy) is 2. The van der Waals surface area contributed by atoms with Gasteiger partial charge in [0.05, 0.1) is 14.2 Å². The largest absolute Gasteiger partial charge is 0.872 e. The summed E-state index contributed by atoms with van der Waals surface area (Å²) in [6.45, 7) is 0. The number of aromatic nitrogens is 1. The Labute approximate surface area is 244 Å². The molecule has 0 aliphatic heterocycles. The number of pyridine rings is 1. The van der Waals surface area contributed by atoms with Crippen molar-refractivity contribution in [1.82, 2.24) is 0 Å². The minimum atomic E-state index is -3.83. The van der Waals surface area contributed by atoms with Crippen molar-refractivity contribution in [3.63, 3.8) is 0 Å². The Hall–Kier alpha value is -4.45. The summed E-state index contributed by atoms with van der Waals surface area (Å²) in [5.41, 5.74) is 2.28. The normalized spacial score (nSPS) is 10.6. The Bertz CT molecular complexity index is 1490. The molecule has 0 atom stereocenters. The van der Waals surface area contributed by atoms with Crippen LogP contribution < -0.4 is 28.0 Å². The zero-order chi connectivity index (χ0) is 29.1. The van der Waals surface area contributed by atoms with Crippen LogP contribution in [0.2, 0.25) is 5.02 Å². The van der Waals surface area contributed by atoms with E-state index < -0.39 is 7.75 Å². The van der Waals surface area contributed by atoms with Gasteiger partial charge in [-0.3, -0.25) is 0 Å². The van der Waals surface area contributed by atoms with Gasteiger partial charge in [-0.05, 0) is 72.1 Å². The van der Waals surface area contributed by atoms with E-state index >= 15 is 0 Å². The summed E-state index contributed by atoms with van der Waals surface area (Å²) in [6.07, 6.45) is 4.20. The topological polar surface area (TPSA) is 80.9 Å². The highest BCUT2D eigenvalue weighted by Gasteiger charge is 2.42. The van der Waals surface area contributed by atoms with Gasteiger partial charge < -0.3 is 23.6 Å². The molecule has 0 unspecified atom stereocenters. The molecule has 0 fully saturated rings. The van der Waals surface area contributed by atoms with Crippen LogP contribution in [0.3, 0.4) is 0 Å². The molecule has 1 aromatic heterocycles.